The van der Waals surface area contributed by atoms with E-state index in [9.17, 15) is 14.0 Å². The van der Waals surface area contributed by atoms with E-state index in [0.717, 1.165) is 51.1 Å². The number of likely N-dealkylation sites (tertiary alicyclic amines) is 2. The maximum Gasteiger partial charge on any atom is 0.237 e. The highest BCUT2D eigenvalue weighted by molar-refractivity contribution is 8.04. The molecule has 4 aliphatic heterocycles. The maximum atomic E-state index is 14.4. The summed E-state index contributed by atoms with van der Waals surface area (Å²) < 4.78 is 14.4. The van der Waals surface area contributed by atoms with Crippen molar-refractivity contribution >= 4 is 29.1 Å². The fraction of sp³-hybridized carbons (Fsp3) is 0.600. The van der Waals surface area contributed by atoms with Crippen LogP contribution in [0.1, 0.15) is 37.7 Å². The first-order valence-electron chi connectivity index (χ1n) is 12.5. The van der Waals surface area contributed by atoms with Gasteiger partial charge in [-0.3, -0.25) is 19.8 Å². The maximum absolute atomic E-state index is 14.4. The van der Waals surface area contributed by atoms with Gasteiger partial charge in [0, 0.05) is 37.7 Å². The Morgan fingerprint density at radius 1 is 1.12 bits per heavy atom. The summed E-state index contributed by atoms with van der Waals surface area (Å²) in [7, 11) is 0. The molecule has 7 nitrogen and oxygen atoms in total. The Balaban J connectivity index is 1.12. The second kappa shape index (κ2) is 10.8. The number of thioether (sulfide) groups is 1. The zero-order chi connectivity index (χ0) is 23.5. The van der Waals surface area contributed by atoms with Crippen molar-refractivity contribution in [3.8, 4) is 0 Å². The average Bonchev–Trinajstić information content (AvgIpc) is 3.29. The third-order valence-electron chi connectivity index (χ3n) is 7.48. The smallest absolute Gasteiger partial charge is 0.237 e. The fourth-order valence-electron chi connectivity index (χ4n) is 5.49. The molecule has 5 rings (SSSR count). The Hall–Kier alpha value is -1.94. The Bertz CT molecular complexity index is 930. The van der Waals surface area contributed by atoms with E-state index < -0.39 is 0 Å². The topological polar surface area (TPSA) is 76.7 Å². The van der Waals surface area contributed by atoms with Crippen LogP contribution in [0.5, 0.6) is 0 Å². The van der Waals surface area contributed by atoms with Crippen LogP contribution in [0.15, 0.2) is 29.7 Å². The number of nitrogens with zero attached hydrogens (tertiary/aromatic N) is 2. The first-order chi connectivity index (χ1) is 16.6. The van der Waals surface area contributed by atoms with Gasteiger partial charge in [0.25, 0.3) is 0 Å². The molecule has 1 aromatic carbocycles. The molecule has 0 saturated carbocycles. The summed E-state index contributed by atoms with van der Waals surface area (Å²) in [4.78, 5) is 30.1. The number of fused-ring (bicyclic) bond motifs is 1. The van der Waals surface area contributed by atoms with Gasteiger partial charge in [-0.1, -0.05) is 24.6 Å². The molecule has 3 saturated heterocycles. The van der Waals surface area contributed by atoms with Crippen molar-refractivity contribution in [2.45, 2.75) is 49.7 Å². The van der Waals surface area contributed by atoms with Gasteiger partial charge in [0.1, 0.15) is 17.4 Å². The predicted octanol–water partition coefficient (Wildman–Crippen LogP) is 1.97. The summed E-state index contributed by atoms with van der Waals surface area (Å²) in [6.07, 6.45) is 5.06. The summed E-state index contributed by atoms with van der Waals surface area (Å²) in [6, 6.07) is 6.48. The molecule has 0 spiro atoms. The van der Waals surface area contributed by atoms with Crippen molar-refractivity contribution in [1.29, 1.82) is 0 Å². The number of benzene rings is 1. The van der Waals surface area contributed by atoms with E-state index in [-0.39, 0.29) is 41.1 Å². The molecule has 2 amide bonds. The minimum atomic E-state index is -0.314. The second-order valence-corrected chi connectivity index (χ2v) is 10.7. The predicted molar refractivity (Wildman–Crippen MR) is 132 cm³/mol. The summed E-state index contributed by atoms with van der Waals surface area (Å²) >= 11 is 1.44. The van der Waals surface area contributed by atoms with E-state index in [0.29, 0.717) is 12.1 Å². The van der Waals surface area contributed by atoms with E-state index in [1.54, 1.807) is 12.1 Å². The average molecular weight is 488 g/mol. The molecule has 4 heterocycles. The molecule has 0 aromatic heterocycles. The van der Waals surface area contributed by atoms with Crippen molar-refractivity contribution in [2.75, 3.05) is 39.3 Å². The van der Waals surface area contributed by atoms with Gasteiger partial charge in [-0.25, -0.2) is 4.39 Å². The van der Waals surface area contributed by atoms with Crippen LogP contribution < -0.4 is 16.0 Å². The summed E-state index contributed by atoms with van der Waals surface area (Å²) in [6.45, 7) is 5.38. The number of rotatable bonds is 6. The number of hydrogen-bond acceptors (Lipinski definition) is 6. The number of hydrogen-bond donors (Lipinski definition) is 3. The summed E-state index contributed by atoms with van der Waals surface area (Å²) in [5.41, 5.74) is 1.37. The Morgan fingerprint density at radius 3 is 2.65 bits per heavy atom. The number of carbonyl (C=O) groups excluding carboxylic acids is 2. The molecular formula is C25H34FN5O2S. The molecule has 3 atom stereocenters. The number of piperidine rings is 2. The molecule has 0 radical (unpaired) electrons. The number of carbonyl (C=O) groups is 2. The lowest BCUT2D eigenvalue weighted by atomic mass is 9.94. The van der Waals surface area contributed by atoms with Crippen LogP contribution in [0.2, 0.25) is 0 Å². The highest BCUT2D eigenvalue weighted by atomic mass is 32.2. The van der Waals surface area contributed by atoms with Crippen molar-refractivity contribution in [2.24, 2.45) is 5.92 Å². The van der Waals surface area contributed by atoms with Crippen LogP contribution in [-0.2, 0) is 9.59 Å². The van der Waals surface area contributed by atoms with Gasteiger partial charge in [-0.05, 0) is 55.8 Å². The monoisotopic (exact) mass is 487 g/mol. The van der Waals surface area contributed by atoms with E-state index in [4.69, 9.17) is 0 Å². The zero-order valence-electron chi connectivity index (χ0n) is 19.5. The molecule has 0 aliphatic carbocycles. The van der Waals surface area contributed by atoms with Crippen LogP contribution in [0, 0.1) is 11.7 Å². The lowest BCUT2D eigenvalue weighted by Gasteiger charge is -2.43. The molecule has 4 aliphatic rings. The molecule has 3 N–H and O–H groups in total. The van der Waals surface area contributed by atoms with Crippen molar-refractivity contribution in [3.63, 3.8) is 0 Å². The molecule has 184 valence electrons. The highest BCUT2D eigenvalue weighted by Crippen LogP contribution is 2.39. The van der Waals surface area contributed by atoms with Gasteiger partial charge in [-0.15, -0.1) is 11.8 Å². The van der Waals surface area contributed by atoms with Crippen LogP contribution in [0.25, 0.3) is 5.57 Å². The van der Waals surface area contributed by atoms with Crippen molar-refractivity contribution in [3.05, 3.63) is 41.1 Å². The number of amides is 2. The quantitative estimate of drug-likeness (QED) is 0.570. The Kier molecular flexibility index (Phi) is 7.53. The molecular weight excluding hydrogens is 453 g/mol. The fourth-order valence-corrected chi connectivity index (χ4v) is 6.63. The lowest BCUT2D eigenvalue weighted by Crippen LogP contribution is -2.68. The minimum absolute atomic E-state index is 0.0144. The Morgan fingerprint density at radius 2 is 1.88 bits per heavy atom. The normalized spacial score (nSPS) is 28.8. The van der Waals surface area contributed by atoms with E-state index in [2.05, 4.69) is 25.8 Å². The van der Waals surface area contributed by atoms with Gasteiger partial charge < -0.3 is 15.5 Å². The van der Waals surface area contributed by atoms with Gasteiger partial charge >= 0.3 is 0 Å². The lowest BCUT2D eigenvalue weighted by molar-refractivity contribution is -0.129. The molecule has 9 heteroatoms. The van der Waals surface area contributed by atoms with E-state index >= 15 is 0 Å². The van der Waals surface area contributed by atoms with Crippen LogP contribution in [0.4, 0.5) is 4.39 Å². The highest BCUT2D eigenvalue weighted by Gasteiger charge is 2.44. The zero-order valence-corrected chi connectivity index (χ0v) is 20.3. The van der Waals surface area contributed by atoms with Crippen LogP contribution in [0.3, 0.4) is 0 Å². The number of nitrogens with one attached hydrogen (secondary N) is 3. The van der Waals surface area contributed by atoms with Gasteiger partial charge in [0.2, 0.25) is 11.8 Å². The summed E-state index contributed by atoms with van der Waals surface area (Å²) in [5, 5.41) is 11.4. The third kappa shape index (κ3) is 5.17. The standard InChI is InChI=1S/C25H34FN5O2S/c26-20-7-3-2-6-18(20)19-16-34-22-21(19)28-25(29-24(22)33)31-13-8-17(9-14-31)23(32)27-10-15-30-11-4-1-5-12-30/h2-3,6-7,16-17,21-22,25,28H,1,4-5,8-15H2,(H,27,32)(H,29,33). The van der Waals surface area contributed by atoms with Gasteiger partial charge in [-0.2, -0.15) is 0 Å². The second-order valence-electron chi connectivity index (χ2n) is 9.67. The van der Waals surface area contributed by atoms with E-state index in [1.165, 1.54) is 37.1 Å². The minimum Gasteiger partial charge on any atom is -0.355 e. The van der Waals surface area contributed by atoms with Crippen LogP contribution >= 0.6 is 11.8 Å². The largest absolute Gasteiger partial charge is 0.355 e. The van der Waals surface area contributed by atoms with Gasteiger partial charge in [0.15, 0.2) is 0 Å². The SMILES string of the molecule is O=C(NCCN1CCCCC1)C1CCN(C2NC(=O)C3SC=C(c4ccccc4F)C3N2)CC1. The van der Waals surface area contributed by atoms with E-state index in [1.807, 2.05) is 11.5 Å². The molecule has 1 aromatic rings. The Labute approximate surface area is 204 Å². The first-order valence-corrected chi connectivity index (χ1v) is 13.5. The third-order valence-corrected chi connectivity index (χ3v) is 8.65. The van der Waals surface area contributed by atoms with Crippen molar-refractivity contribution in [1.82, 2.24) is 25.8 Å². The number of halogens is 1. The molecule has 3 fully saturated rings. The van der Waals surface area contributed by atoms with Gasteiger partial charge in [0.05, 0.1) is 6.04 Å². The van der Waals surface area contributed by atoms with Crippen LogP contribution in [-0.4, -0.2) is 78.5 Å². The molecule has 3 unspecified atom stereocenters. The summed E-state index contributed by atoms with van der Waals surface area (Å²) in [5.74, 6) is -0.139. The van der Waals surface area contributed by atoms with Crippen molar-refractivity contribution < 1.29 is 14.0 Å². The first kappa shape index (κ1) is 23.8. The molecule has 0 bridgehead atoms. The molecule has 34 heavy (non-hydrogen) atoms.